The first-order valence-corrected chi connectivity index (χ1v) is 7.29. The van der Waals surface area contributed by atoms with Gasteiger partial charge >= 0.3 is 0 Å². The molecule has 0 radical (unpaired) electrons. The van der Waals surface area contributed by atoms with Crippen LogP contribution in [-0.4, -0.2) is 16.9 Å². The van der Waals surface area contributed by atoms with Gasteiger partial charge < -0.3 is 5.32 Å². The van der Waals surface area contributed by atoms with E-state index in [1.807, 2.05) is 0 Å². The molecule has 0 saturated heterocycles. The van der Waals surface area contributed by atoms with Gasteiger partial charge in [-0.25, -0.2) is 0 Å². The summed E-state index contributed by atoms with van der Waals surface area (Å²) in [6.07, 6.45) is 7.62. The fraction of sp³-hybridized carbons (Fsp3) is 0.438. The maximum absolute atomic E-state index is 11.9. The SMILES string of the molecule is CC1CCCCC1NC(=O)C=Cc1cccc([N+](=O)[O-])c1. The second kappa shape index (κ2) is 7.02. The van der Waals surface area contributed by atoms with Crippen molar-refractivity contribution in [2.45, 2.75) is 38.6 Å². The Kier molecular flexibility index (Phi) is 5.09. The number of nitro benzene ring substituents is 1. The molecule has 0 aromatic heterocycles. The number of benzene rings is 1. The second-order valence-corrected chi connectivity index (χ2v) is 5.56. The lowest BCUT2D eigenvalue weighted by Gasteiger charge is -2.29. The van der Waals surface area contributed by atoms with Gasteiger partial charge in [-0.2, -0.15) is 0 Å². The van der Waals surface area contributed by atoms with Crippen molar-refractivity contribution in [3.63, 3.8) is 0 Å². The van der Waals surface area contributed by atoms with Crippen LogP contribution in [-0.2, 0) is 4.79 Å². The molecule has 2 atom stereocenters. The highest BCUT2D eigenvalue weighted by atomic mass is 16.6. The van der Waals surface area contributed by atoms with E-state index < -0.39 is 4.92 Å². The molecular formula is C16H20N2O3. The highest BCUT2D eigenvalue weighted by Crippen LogP contribution is 2.23. The molecule has 1 saturated carbocycles. The van der Waals surface area contributed by atoms with E-state index >= 15 is 0 Å². The topological polar surface area (TPSA) is 72.2 Å². The van der Waals surface area contributed by atoms with Crippen molar-refractivity contribution in [3.8, 4) is 0 Å². The van der Waals surface area contributed by atoms with E-state index in [4.69, 9.17) is 0 Å². The van der Waals surface area contributed by atoms with Gasteiger partial charge in [0.25, 0.3) is 5.69 Å². The van der Waals surface area contributed by atoms with Crippen LogP contribution >= 0.6 is 0 Å². The Labute approximate surface area is 124 Å². The number of nitrogens with one attached hydrogen (secondary N) is 1. The van der Waals surface area contributed by atoms with Crippen LogP contribution in [0.1, 0.15) is 38.2 Å². The fourth-order valence-corrected chi connectivity index (χ4v) is 2.68. The number of carbonyl (C=O) groups excluding carboxylic acids is 1. The summed E-state index contributed by atoms with van der Waals surface area (Å²) in [6, 6.07) is 6.47. The third kappa shape index (κ3) is 4.41. The van der Waals surface area contributed by atoms with Crippen LogP contribution < -0.4 is 5.32 Å². The van der Waals surface area contributed by atoms with Crippen molar-refractivity contribution in [1.29, 1.82) is 0 Å². The number of nitro groups is 1. The van der Waals surface area contributed by atoms with Crippen LogP contribution in [0, 0.1) is 16.0 Å². The Morgan fingerprint density at radius 2 is 2.14 bits per heavy atom. The highest BCUT2D eigenvalue weighted by Gasteiger charge is 2.21. The van der Waals surface area contributed by atoms with Gasteiger partial charge in [0.2, 0.25) is 5.91 Å². The molecule has 1 N–H and O–H groups in total. The van der Waals surface area contributed by atoms with Crippen LogP contribution in [0.15, 0.2) is 30.3 Å². The molecular weight excluding hydrogens is 268 g/mol. The van der Waals surface area contributed by atoms with E-state index in [9.17, 15) is 14.9 Å². The molecule has 0 spiro atoms. The summed E-state index contributed by atoms with van der Waals surface area (Å²) >= 11 is 0. The molecule has 0 heterocycles. The van der Waals surface area contributed by atoms with Gasteiger partial charge in [-0.1, -0.05) is 31.9 Å². The zero-order chi connectivity index (χ0) is 15.2. The maximum Gasteiger partial charge on any atom is 0.270 e. The van der Waals surface area contributed by atoms with Gasteiger partial charge in [-0.05, 0) is 30.4 Å². The Bertz CT molecular complexity index is 554. The summed E-state index contributed by atoms with van der Waals surface area (Å²) in [5.41, 5.74) is 0.675. The molecule has 1 aromatic rings. The number of carbonyl (C=O) groups is 1. The Hall–Kier alpha value is -2.17. The van der Waals surface area contributed by atoms with Gasteiger partial charge in [-0.15, -0.1) is 0 Å². The van der Waals surface area contributed by atoms with Crippen molar-refractivity contribution in [2.24, 2.45) is 5.92 Å². The van der Waals surface area contributed by atoms with E-state index in [1.165, 1.54) is 24.6 Å². The largest absolute Gasteiger partial charge is 0.350 e. The van der Waals surface area contributed by atoms with Crippen LogP contribution in [0.25, 0.3) is 6.08 Å². The first kappa shape index (κ1) is 15.2. The molecule has 21 heavy (non-hydrogen) atoms. The van der Waals surface area contributed by atoms with Crippen molar-refractivity contribution in [1.82, 2.24) is 5.32 Å². The number of non-ortho nitro benzene ring substituents is 1. The Morgan fingerprint density at radius 3 is 2.86 bits per heavy atom. The van der Waals surface area contributed by atoms with Crippen LogP contribution in [0.2, 0.25) is 0 Å². The van der Waals surface area contributed by atoms with Crippen LogP contribution in [0.4, 0.5) is 5.69 Å². The van der Waals surface area contributed by atoms with E-state index in [1.54, 1.807) is 18.2 Å². The minimum atomic E-state index is -0.443. The van der Waals surface area contributed by atoms with Gasteiger partial charge in [0.15, 0.2) is 0 Å². The predicted molar refractivity (Wildman–Crippen MR) is 81.7 cm³/mol. The van der Waals surface area contributed by atoms with E-state index in [0.717, 1.165) is 19.3 Å². The predicted octanol–water partition coefficient (Wildman–Crippen LogP) is 3.30. The maximum atomic E-state index is 11.9. The summed E-state index contributed by atoms with van der Waals surface area (Å²) in [7, 11) is 0. The standard InChI is InChI=1S/C16H20N2O3/c1-12-5-2-3-8-15(12)17-16(19)10-9-13-6-4-7-14(11-13)18(20)21/h4,6-7,9-12,15H,2-3,5,8H2,1H3,(H,17,19). The minimum absolute atomic E-state index is 0.0264. The lowest BCUT2D eigenvalue weighted by Crippen LogP contribution is -2.40. The quantitative estimate of drug-likeness (QED) is 0.525. The molecule has 1 aliphatic carbocycles. The van der Waals surface area contributed by atoms with Crippen molar-refractivity contribution in [2.75, 3.05) is 0 Å². The Morgan fingerprint density at radius 1 is 1.38 bits per heavy atom. The van der Waals surface area contributed by atoms with E-state index in [2.05, 4.69) is 12.2 Å². The zero-order valence-electron chi connectivity index (χ0n) is 12.1. The van der Waals surface area contributed by atoms with Crippen LogP contribution in [0.5, 0.6) is 0 Å². The Balaban J connectivity index is 1.95. The average molecular weight is 288 g/mol. The van der Waals surface area contributed by atoms with Gasteiger partial charge in [0, 0.05) is 24.3 Å². The third-order valence-corrected chi connectivity index (χ3v) is 3.95. The van der Waals surface area contributed by atoms with Crippen molar-refractivity contribution >= 4 is 17.7 Å². The van der Waals surface area contributed by atoms with Gasteiger partial charge in [0.1, 0.15) is 0 Å². The zero-order valence-corrected chi connectivity index (χ0v) is 12.1. The molecule has 2 unspecified atom stereocenters. The smallest absolute Gasteiger partial charge is 0.270 e. The van der Waals surface area contributed by atoms with Crippen molar-refractivity contribution < 1.29 is 9.72 Å². The first-order chi connectivity index (χ1) is 10.1. The molecule has 2 rings (SSSR count). The molecule has 1 aromatic carbocycles. The number of rotatable bonds is 4. The van der Waals surface area contributed by atoms with Gasteiger partial charge in [-0.3, -0.25) is 14.9 Å². The molecule has 1 amide bonds. The lowest BCUT2D eigenvalue weighted by molar-refractivity contribution is -0.384. The lowest BCUT2D eigenvalue weighted by atomic mass is 9.86. The molecule has 112 valence electrons. The molecule has 5 heteroatoms. The van der Waals surface area contributed by atoms with Crippen molar-refractivity contribution in [3.05, 3.63) is 46.0 Å². The monoisotopic (exact) mass is 288 g/mol. The first-order valence-electron chi connectivity index (χ1n) is 7.29. The van der Waals surface area contributed by atoms with E-state index in [-0.39, 0.29) is 17.6 Å². The molecule has 0 aliphatic heterocycles. The summed E-state index contributed by atoms with van der Waals surface area (Å²) in [6.45, 7) is 2.16. The molecule has 5 nitrogen and oxygen atoms in total. The molecule has 1 fully saturated rings. The minimum Gasteiger partial charge on any atom is -0.350 e. The van der Waals surface area contributed by atoms with Crippen LogP contribution in [0.3, 0.4) is 0 Å². The average Bonchev–Trinajstić information content (AvgIpc) is 2.48. The second-order valence-electron chi connectivity index (χ2n) is 5.56. The summed E-state index contributed by atoms with van der Waals surface area (Å²) in [4.78, 5) is 22.2. The summed E-state index contributed by atoms with van der Waals surface area (Å²) in [5, 5.41) is 13.7. The van der Waals surface area contributed by atoms with Gasteiger partial charge in [0.05, 0.1) is 4.92 Å². The van der Waals surface area contributed by atoms with E-state index in [0.29, 0.717) is 11.5 Å². The normalized spacial score (nSPS) is 22.1. The highest BCUT2D eigenvalue weighted by molar-refractivity contribution is 5.92. The number of hydrogen-bond acceptors (Lipinski definition) is 3. The number of amides is 1. The molecule has 1 aliphatic rings. The fourth-order valence-electron chi connectivity index (χ4n) is 2.68. The molecule has 0 bridgehead atoms. The summed E-state index contributed by atoms with van der Waals surface area (Å²) in [5.74, 6) is 0.370. The number of hydrogen-bond donors (Lipinski definition) is 1. The number of nitrogens with zero attached hydrogens (tertiary/aromatic N) is 1. The third-order valence-electron chi connectivity index (χ3n) is 3.95. The summed E-state index contributed by atoms with van der Waals surface area (Å²) < 4.78 is 0.